The molecule has 4 aromatic rings. The Morgan fingerprint density at radius 2 is 1.38 bits per heavy atom. The molecule has 3 nitrogen and oxygen atoms in total. The van der Waals surface area contributed by atoms with Gasteiger partial charge in [-0.3, -0.25) is 4.98 Å². The van der Waals surface area contributed by atoms with Gasteiger partial charge in [0.1, 0.15) is 0 Å². The highest BCUT2D eigenvalue weighted by Crippen LogP contribution is 2.44. The number of thiophene rings is 3. The van der Waals surface area contributed by atoms with Crippen molar-refractivity contribution in [3.05, 3.63) is 65.3 Å². The maximum atomic E-state index is 9.43. The molecule has 0 aliphatic rings. The Balaban J connectivity index is 1.56. The third-order valence-electron chi connectivity index (χ3n) is 5.81. The minimum absolute atomic E-state index is 0.693. The summed E-state index contributed by atoms with van der Waals surface area (Å²) in [5.41, 5.74) is 2.47. The molecule has 4 rings (SSSR count). The fraction of sp³-hybridized carbons (Fsp3) is 0.321. The van der Waals surface area contributed by atoms with E-state index in [1.165, 1.54) is 67.6 Å². The summed E-state index contributed by atoms with van der Waals surface area (Å²) in [5.74, 6) is -0.693. The number of hydrogen-bond acceptors (Lipinski definition) is 6. The Bertz CT molecular complexity index is 1270. The van der Waals surface area contributed by atoms with Gasteiger partial charge in [0.2, 0.25) is 0 Å². The topological polar surface area (TPSA) is 60.5 Å². The van der Waals surface area contributed by atoms with E-state index >= 15 is 0 Å². The molecule has 6 heteroatoms. The lowest BCUT2D eigenvalue weighted by atomic mass is 10.0. The van der Waals surface area contributed by atoms with Crippen LogP contribution in [0.25, 0.3) is 29.9 Å². The summed E-state index contributed by atoms with van der Waals surface area (Å²) in [7, 11) is 0. The molecule has 0 aliphatic carbocycles. The van der Waals surface area contributed by atoms with Crippen LogP contribution in [0.2, 0.25) is 0 Å². The third kappa shape index (κ3) is 5.83. The van der Waals surface area contributed by atoms with Gasteiger partial charge < -0.3 is 0 Å². The normalized spacial score (nSPS) is 10.9. The molecular weight excluding hydrogens is 475 g/mol. The van der Waals surface area contributed by atoms with Gasteiger partial charge in [-0.15, -0.1) is 34.0 Å². The molecule has 4 heterocycles. The van der Waals surface area contributed by atoms with Crippen molar-refractivity contribution < 1.29 is 0 Å². The monoisotopic (exact) mass is 501 g/mol. The number of nitriles is 2. The number of hydrogen-bond donors (Lipinski definition) is 0. The Kier molecular flexibility index (Phi) is 8.66. The van der Waals surface area contributed by atoms with Crippen LogP contribution in [0, 0.1) is 22.7 Å². The average Bonchev–Trinajstić information content (AvgIpc) is 3.62. The van der Waals surface area contributed by atoms with Crippen molar-refractivity contribution in [1.82, 2.24) is 4.98 Å². The van der Waals surface area contributed by atoms with Gasteiger partial charge in [0, 0.05) is 41.7 Å². The van der Waals surface area contributed by atoms with E-state index in [1.807, 2.05) is 24.5 Å². The molecule has 0 saturated heterocycles. The molecule has 0 atom stereocenters. The van der Waals surface area contributed by atoms with Gasteiger partial charge in [0.25, 0.3) is 0 Å². The lowest BCUT2D eigenvalue weighted by Gasteiger charge is -2.03. The van der Waals surface area contributed by atoms with Gasteiger partial charge >= 0.3 is 0 Å². The van der Waals surface area contributed by atoms with Crippen molar-refractivity contribution in [2.45, 2.75) is 57.8 Å². The van der Waals surface area contributed by atoms with Crippen molar-refractivity contribution in [3.63, 3.8) is 0 Å². The summed E-state index contributed by atoms with van der Waals surface area (Å²) in [6.07, 6.45) is 12.2. The first-order chi connectivity index (χ1) is 16.7. The number of rotatable bonds is 11. The molecule has 0 radical (unpaired) electrons. The standard InChI is InChI=1S/C28H27N3S3/c1-2-3-4-5-6-7-8-21-17-27(22(18-29)19-30)34-28(21)26-12-11-25(33-26)24-10-9-23(32-24)20-13-15-31-16-14-20/h9-17,22H,2-8H2,1H3. The lowest BCUT2D eigenvalue weighted by Crippen LogP contribution is -1.88. The molecule has 0 fully saturated rings. The number of aromatic nitrogens is 1. The molecule has 0 N–H and O–H groups in total. The predicted octanol–water partition coefficient (Wildman–Crippen LogP) is 9.30. The van der Waals surface area contributed by atoms with Crippen LogP contribution >= 0.6 is 34.0 Å². The van der Waals surface area contributed by atoms with Crippen LogP contribution < -0.4 is 0 Å². The maximum Gasteiger partial charge on any atom is 0.167 e. The second kappa shape index (κ2) is 12.1. The third-order valence-corrected chi connectivity index (χ3v) is 9.65. The van der Waals surface area contributed by atoms with Crippen molar-refractivity contribution in [3.8, 4) is 42.1 Å². The highest BCUT2D eigenvalue weighted by atomic mass is 32.1. The van der Waals surface area contributed by atoms with E-state index in [-0.39, 0.29) is 0 Å². The fourth-order valence-electron chi connectivity index (χ4n) is 3.97. The first-order valence-corrected chi connectivity index (χ1v) is 14.2. The van der Waals surface area contributed by atoms with Crippen molar-refractivity contribution in [2.75, 3.05) is 0 Å². The van der Waals surface area contributed by atoms with E-state index in [1.54, 1.807) is 34.0 Å². The molecule has 0 unspecified atom stereocenters. The van der Waals surface area contributed by atoms with Gasteiger partial charge in [-0.2, -0.15) is 10.5 Å². The van der Waals surface area contributed by atoms with Gasteiger partial charge in [-0.25, -0.2) is 0 Å². The first-order valence-electron chi connectivity index (χ1n) is 11.8. The van der Waals surface area contributed by atoms with Crippen molar-refractivity contribution in [1.29, 1.82) is 10.5 Å². The molecule has 0 bridgehead atoms. The molecule has 0 aromatic carbocycles. The van der Waals surface area contributed by atoms with Crippen LogP contribution in [-0.2, 0) is 6.42 Å². The molecule has 0 saturated carbocycles. The maximum absolute atomic E-state index is 9.43. The minimum atomic E-state index is -0.693. The number of aryl methyl sites for hydroxylation is 1. The quantitative estimate of drug-likeness (QED) is 0.192. The highest BCUT2D eigenvalue weighted by Gasteiger charge is 2.19. The minimum Gasteiger partial charge on any atom is -0.265 e. The molecule has 0 spiro atoms. The van der Waals surface area contributed by atoms with Crippen LogP contribution in [0.4, 0.5) is 0 Å². The Labute approximate surface area is 214 Å². The molecule has 172 valence electrons. The van der Waals surface area contributed by atoms with E-state index in [9.17, 15) is 10.5 Å². The van der Waals surface area contributed by atoms with Gasteiger partial charge in [0.05, 0.1) is 12.1 Å². The summed E-state index contributed by atoms with van der Waals surface area (Å²) >= 11 is 5.20. The van der Waals surface area contributed by atoms with Crippen LogP contribution in [0.15, 0.2) is 54.9 Å². The second-order valence-electron chi connectivity index (χ2n) is 8.28. The fourth-order valence-corrected chi connectivity index (χ4v) is 7.43. The largest absolute Gasteiger partial charge is 0.265 e. The van der Waals surface area contributed by atoms with E-state index in [0.29, 0.717) is 0 Å². The van der Waals surface area contributed by atoms with Crippen LogP contribution in [0.1, 0.15) is 61.8 Å². The zero-order valence-corrected chi connectivity index (χ0v) is 21.7. The molecule has 34 heavy (non-hydrogen) atoms. The summed E-state index contributed by atoms with van der Waals surface area (Å²) in [5, 5.41) is 18.9. The number of pyridine rings is 1. The first kappa shape index (κ1) is 24.4. The summed E-state index contributed by atoms with van der Waals surface area (Å²) in [6, 6.07) is 19.2. The van der Waals surface area contributed by atoms with Crippen molar-refractivity contribution in [2.24, 2.45) is 0 Å². The summed E-state index contributed by atoms with van der Waals surface area (Å²) < 4.78 is 0. The van der Waals surface area contributed by atoms with E-state index in [4.69, 9.17) is 0 Å². The Morgan fingerprint density at radius 1 is 0.765 bits per heavy atom. The average molecular weight is 502 g/mol. The van der Waals surface area contributed by atoms with Crippen LogP contribution in [0.3, 0.4) is 0 Å². The molecule has 0 aliphatic heterocycles. The molecule has 0 amide bonds. The summed E-state index contributed by atoms with van der Waals surface area (Å²) in [6.45, 7) is 2.24. The zero-order chi connectivity index (χ0) is 23.8. The lowest BCUT2D eigenvalue weighted by molar-refractivity contribution is 0.608. The van der Waals surface area contributed by atoms with E-state index in [0.717, 1.165) is 17.7 Å². The van der Waals surface area contributed by atoms with Crippen LogP contribution in [-0.4, -0.2) is 4.98 Å². The zero-order valence-electron chi connectivity index (χ0n) is 19.3. The highest BCUT2D eigenvalue weighted by molar-refractivity contribution is 7.27. The van der Waals surface area contributed by atoms with Crippen molar-refractivity contribution >= 4 is 34.0 Å². The smallest absolute Gasteiger partial charge is 0.167 e. The number of unbranched alkanes of at least 4 members (excludes halogenated alkanes) is 5. The van der Waals surface area contributed by atoms with Crippen LogP contribution in [0.5, 0.6) is 0 Å². The number of nitrogens with zero attached hydrogens (tertiary/aromatic N) is 3. The van der Waals surface area contributed by atoms with E-state index in [2.05, 4.69) is 54.4 Å². The van der Waals surface area contributed by atoms with E-state index < -0.39 is 5.92 Å². The Morgan fingerprint density at radius 3 is 2.09 bits per heavy atom. The van der Waals surface area contributed by atoms with Gasteiger partial charge in [-0.05, 0) is 66.4 Å². The summed E-state index contributed by atoms with van der Waals surface area (Å²) in [4.78, 5) is 11.2. The molecular formula is C28H27N3S3. The SMILES string of the molecule is CCCCCCCCc1cc(C(C#N)C#N)sc1-c1ccc(-c2ccc(-c3ccncc3)s2)s1. The van der Waals surface area contributed by atoms with Gasteiger partial charge in [-0.1, -0.05) is 39.0 Å². The second-order valence-corrected chi connectivity index (χ2v) is 11.5. The van der Waals surface area contributed by atoms with Gasteiger partial charge in [0.15, 0.2) is 5.92 Å². The molecule has 4 aromatic heterocycles. The predicted molar refractivity (Wildman–Crippen MR) is 145 cm³/mol. The Hall–Kier alpha value is -2.77.